The summed E-state index contributed by atoms with van der Waals surface area (Å²) in [6.07, 6.45) is 0. The molecule has 0 saturated carbocycles. The second kappa shape index (κ2) is 2.33. The van der Waals surface area contributed by atoms with Crippen LogP contribution in [0.3, 0.4) is 0 Å². The third kappa shape index (κ3) is 1.12. The third-order valence-corrected chi connectivity index (χ3v) is 1.82. The number of allylic oxidation sites excluding steroid dienone is 2. The van der Waals surface area contributed by atoms with Crippen LogP contribution in [0, 0.1) is 0 Å². The molecule has 0 atom stereocenters. The van der Waals surface area contributed by atoms with Crippen LogP contribution in [0.2, 0.25) is 0 Å². The van der Waals surface area contributed by atoms with E-state index in [0.29, 0.717) is 6.54 Å². The maximum atomic E-state index is 10.8. The number of hydrogen-bond acceptors (Lipinski definition) is 2. The average molecular weight is 140 g/mol. The van der Waals surface area contributed by atoms with Gasteiger partial charge < -0.3 is 10.2 Å². The summed E-state index contributed by atoms with van der Waals surface area (Å²) in [5, 5.41) is 2.76. The van der Waals surface area contributed by atoms with Gasteiger partial charge in [-0.15, -0.1) is 0 Å². The summed E-state index contributed by atoms with van der Waals surface area (Å²) < 4.78 is 0. The van der Waals surface area contributed by atoms with E-state index in [-0.39, 0.29) is 5.91 Å². The molecule has 0 spiro atoms. The number of carbonyl (C=O) groups is 1. The molecule has 1 heterocycles. The van der Waals surface area contributed by atoms with Gasteiger partial charge in [0.2, 0.25) is 5.91 Å². The summed E-state index contributed by atoms with van der Waals surface area (Å²) in [6.45, 7) is 4.38. The normalized spacial score (nSPS) is 19.5. The minimum absolute atomic E-state index is 0.0746. The second-order valence-corrected chi connectivity index (χ2v) is 2.61. The van der Waals surface area contributed by atoms with Crippen molar-refractivity contribution in [3.05, 3.63) is 11.4 Å². The average Bonchev–Trinajstić information content (AvgIpc) is 1.82. The first kappa shape index (κ1) is 7.12. The van der Waals surface area contributed by atoms with Crippen molar-refractivity contribution in [3.63, 3.8) is 0 Å². The van der Waals surface area contributed by atoms with Crippen molar-refractivity contribution >= 4 is 5.91 Å². The molecule has 0 aromatic rings. The highest BCUT2D eigenvalue weighted by Crippen LogP contribution is 2.08. The van der Waals surface area contributed by atoms with E-state index in [1.54, 1.807) is 0 Å². The fourth-order valence-corrected chi connectivity index (χ4v) is 0.959. The van der Waals surface area contributed by atoms with Gasteiger partial charge in [-0.1, -0.05) is 0 Å². The molecule has 1 rings (SSSR count). The Bertz CT molecular complexity index is 196. The quantitative estimate of drug-likeness (QED) is 0.525. The first-order chi connectivity index (χ1) is 4.61. The molecule has 10 heavy (non-hydrogen) atoms. The number of rotatable bonds is 0. The van der Waals surface area contributed by atoms with Crippen molar-refractivity contribution < 1.29 is 4.79 Å². The molecular formula is C7H12N2O. The van der Waals surface area contributed by atoms with E-state index in [4.69, 9.17) is 0 Å². The lowest BCUT2D eigenvalue weighted by Crippen LogP contribution is -2.39. The van der Waals surface area contributed by atoms with Gasteiger partial charge in [-0.25, -0.2) is 0 Å². The fraction of sp³-hybridized carbons (Fsp3) is 0.571. The van der Waals surface area contributed by atoms with Gasteiger partial charge >= 0.3 is 0 Å². The van der Waals surface area contributed by atoms with Gasteiger partial charge in [-0.3, -0.25) is 4.79 Å². The Morgan fingerprint density at radius 2 is 2.10 bits per heavy atom. The van der Waals surface area contributed by atoms with Gasteiger partial charge in [0, 0.05) is 18.4 Å². The summed E-state index contributed by atoms with van der Waals surface area (Å²) in [6, 6.07) is 0. The molecule has 0 unspecified atom stereocenters. The Morgan fingerprint density at radius 1 is 1.50 bits per heavy atom. The Labute approximate surface area is 60.7 Å². The molecule has 1 N–H and O–H groups in total. The van der Waals surface area contributed by atoms with Crippen LogP contribution in [-0.2, 0) is 4.79 Å². The molecule has 0 fully saturated rings. The van der Waals surface area contributed by atoms with Crippen molar-refractivity contribution in [2.45, 2.75) is 13.8 Å². The molecule has 1 aliphatic heterocycles. The van der Waals surface area contributed by atoms with Crippen LogP contribution >= 0.6 is 0 Å². The monoisotopic (exact) mass is 140 g/mol. The first-order valence-electron chi connectivity index (χ1n) is 3.29. The lowest BCUT2D eigenvalue weighted by atomic mass is 10.3. The molecule has 56 valence electrons. The molecular weight excluding hydrogens is 128 g/mol. The summed E-state index contributed by atoms with van der Waals surface area (Å²) in [5.41, 5.74) is 2.10. The van der Waals surface area contributed by atoms with E-state index < -0.39 is 0 Å². The number of nitrogens with zero attached hydrogens (tertiary/aromatic N) is 1. The van der Waals surface area contributed by atoms with Gasteiger partial charge in [0.1, 0.15) is 0 Å². The molecule has 3 heteroatoms. The van der Waals surface area contributed by atoms with Crippen molar-refractivity contribution in [1.82, 2.24) is 10.2 Å². The summed E-state index contributed by atoms with van der Waals surface area (Å²) in [7, 11) is 1.91. The van der Waals surface area contributed by atoms with Crippen molar-refractivity contribution in [1.29, 1.82) is 0 Å². The Kier molecular flexibility index (Phi) is 1.66. The molecule has 0 aromatic carbocycles. The summed E-state index contributed by atoms with van der Waals surface area (Å²) in [5.74, 6) is 0.0746. The van der Waals surface area contributed by atoms with Crippen LogP contribution in [0.1, 0.15) is 13.8 Å². The van der Waals surface area contributed by atoms with E-state index in [9.17, 15) is 4.79 Å². The first-order valence-corrected chi connectivity index (χ1v) is 3.29. The highest BCUT2D eigenvalue weighted by atomic mass is 16.2. The molecule has 0 saturated heterocycles. The predicted octanol–water partition coefficient (Wildman–Crippen LogP) is 0.299. The lowest BCUT2D eigenvalue weighted by Gasteiger charge is -2.26. The van der Waals surface area contributed by atoms with Gasteiger partial charge in [0.25, 0.3) is 0 Å². The van der Waals surface area contributed by atoms with Gasteiger partial charge in [-0.05, 0) is 13.8 Å². The molecule has 1 amide bonds. The highest BCUT2D eigenvalue weighted by molar-refractivity contribution is 5.81. The van der Waals surface area contributed by atoms with Gasteiger partial charge in [0.05, 0.1) is 6.54 Å². The SMILES string of the molecule is CC1=C(C)N(C)CC(=O)N1. The topological polar surface area (TPSA) is 32.3 Å². The molecule has 0 aliphatic carbocycles. The second-order valence-electron chi connectivity index (χ2n) is 2.61. The number of hydrogen-bond donors (Lipinski definition) is 1. The van der Waals surface area contributed by atoms with Crippen molar-refractivity contribution in [2.75, 3.05) is 13.6 Å². The lowest BCUT2D eigenvalue weighted by molar-refractivity contribution is -0.121. The Morgan fingerprint density at radius 3 is 2.60 bits per heavy atom. The third-order valence-electron chi connectivity index (χ3n) is 1.82. The van der Waals surface area contributed by atoms with E-state index in [1.807, 2.05) is 25.8 Å². The maximum Gasteiger partial charge on any atom is 0.243 e. The minimum Gasteiger partial charge on any atom is -0.367 e. The maximum absolute atomic E-state index is 10.8. The number of carbonyl (C=O) groups excluding carboxylic acids is 1. The van der Waals surface area contributed by atoms with E-state index in [0.717, 1.165) is 11.4 Å². The predicted molar refractivity (Wildman–Crippen MR) is 39.1 cm³/mol. The standard InChI is InChI=1S/C7H12N2O/c1-5-6(2)9(3)4-7(10)8-5/h4H2,1-3H3,(H,8,10). The van der Waals surface area contributed by atoms with Crippen LogP contribution < -0.4 is 5.32 Å². The largest absolute Gasteiger partial charge is 0.367 e. The van der Waals surface area contributed by atoms with E-state index >= 15 is 0 Å². The van der Waals surface area contributed by atoms with Crippen molar-refractivity contribution in [2.24, 2.45) is 0 Å². The zero-order valence-electron chi connectivity index (χ0n) is 6.56. The summed E-state index contributed by atoms with van der Waals surface area (Å²) in [4.78, 5) is 12.8. The smallest absolute Gasteiger partial charge is 0.243 e. The fourth-order valence-electron chi connectivity index (χ4n) is 0.959. The number of likely N-dealkylation sites (N-methyl/N-ethyl adjacent to an activating group) is 1. The Hall–Kier alpha value is -0.990. The zero-order chi connectivity index (χ0) is 7.72. The minimum atomic E-state index is 0.0746. The van der Waals surface area contributed by atoms with E-state index in [2.05, 4.69) is 5.32 Å². The summed E-state index contributed by atoms with van der Waals surface area (Å²) >= 11 is 0. The highest BCUT2D eigenvalue weighted by Gasteiger charge is 2.14. The van der Waals surface area contributed by atoms with Crippen LogP contribution in [0.15, 0.2) is 11.4 Å². The number of amides is 1. The van der Waals surface area contributed by atoms with Crippen LogP contribution in [0.5, 0.6) is 0 Å². The number of nitrogens with one attached hydrogen (secondary N) is 1. The van der Waals surface area contributed by atoms with Crippen LogP contribution in [0.4, 0.5) is 0 Å². The van der Waals surface area contributed by atoms with Crippen molar-refractivity contribution in [3.8, 4) is 0 Å². The molecule has 3 nitrogen and oxygen atoms in total. The Balaban J connectivity index is 2.84. The van der Waals surface area contributed by atoms with Crippen LogP contribution in [0.25, 0.3) is 0 Å². The van der Waals surface area contributed by atoms with Crippen LogP contribution in [-0.4, -0.2) is 24.4 Å². The molecule has 0 bridgehead atoms. The molecule has 0 aromatic heterocycles. The molecule has 1 aliphatic rings. The molecule has 0 radical (unpaired) electrons. The van der Waals surface area contributed by atoms with E-state index in [1.165, 1.54) is 0 Å². The van der Waals surface area contributed by atoms with Gasteiger partial charge in [0.15, 0.2) is 0 Å². The van der Waals surface area contributed by atoms with Gasteiger partial charge in [-0.2, -0.15) is 0 Å². The zero-order valence-corrected chi connectivity index (χ0v) is 6.56.